The molecule has 0 radical (unpaired) electrons. The van der Waals surface area contributed by atoms with Gasteiger partial charge in [0.15, 0.2) is 11.5 Å². The van der Waals surface area contributed by atoms with E-state index in [1.54, 1.807) is 42.5 Å². The van der Waals surface area contributed by atoms with Gasteiger partial charge in [0.25, 0.3) is 11.1 Å². The fourth-order valence-electron chi connectivity index (χ4n) is 2.54. The smallest absolute Gasteiger partial charge is 0.293 e. The van der Waals surface area contributed by atoms with Crippen molar-refractivity contribution in [2.75, 3.05) is 19.8 Å². The summed E-state index contributed by atoms with van der Waals surface area (Å²) in [5, 5.41) is 9.88. The maximum absolute atomic E-state index is 12.6. The molecule has 1 aliphatic rings. The van der Waals surface area contributed by atoms with Crippen LogP contribution in [0.25, 0.3) is 6.08 Å². The largest absolute Gasteiger partial charge is 0.504 e. The SMILES string of the molecule is CCOc1cc(/C=C2\SC(=O)N(CCOc3ccccc3Cl)C2=O)ccc1O. The van der Waals surface area contributed by atoms with Crippen molar-refractivity contribution in [1.82, 2.24) is 4.90 Å². The molecular weight excluding hydrogens is 402 g/mol. The van der Waals surface area contributed by atoms with Crippen molar-refractivity contribution < 1.29 is 24.2 Å². The number of imide groups is 1. The lowest BCUT2D eigenvalue weighted by Crippen LogP contribution is -2.32. The van der Waals surface area contributed by atoms with Gasteiger partial charge in [-0.1, -0.05) is 29.8 Å². The number of nitrogens with zero attached hydrogens (tertiary/aromatic N) is 1. The number of phenols is 1. The van der Waals surface area contributed by atoms with Crippen LogP contribution in [0.4, 0.5) is 4.79 Å². The molecule has 8 heteroatoms. The first kappa shape index (κ1) is 20.1. The van der Waals surface area contributed by atoms with Crippen LogP contribution in [0.2, 0.25) is 5.02 Å². The zero-order valence-electron chi connectivity index (χ0n) is 15.1. The Labute approximate surface area is 171 Å². The third-order valence-corrected chi connectivity index (χ3v) is 5.08. The van der Waals surface area contributed by atoms with Crippen LogP contribution in [0.3, 0.4) is 0 Å². The fraction of sp³-hybridized carbons (Fsp3) is 0.200. The van der Waals surface area contributed by atoms with E-state index < -0.39 is 0 Å². The van der Waals surface area contributed by atoms with Crippen molar-refractivity contribution in [2.24, 2.45) is 0 Å². The molecule has 0 bridgehead atoms. The molecule has 1 heterocycles. The Kier molecular flexibility index (Phi) is 6.49. The second kappa shape index (κ2) is 9.03. The zero-order chi connectivity index (χ0) is 20.1. The van der Waals surface area contributed by atoms with Crippen molar-refractivity contribution >= 4 is 40.6 Å². The molecule has 2 aromatic carbocycles. The number of carbonyl (C=O) groups excluding carboxylic acids is 2. The summed E-state index contributed by atoms with van der Waals surface area (Å²) < 4.78 is 10.9. The van der Waals surface area contributed by atoms with Gasteiger partial charge < -0.3 is 14.6 Å². The van der Waals surface area contributed by atoms with Gasteiger partial charge >= 0.3 is 0 Å². The first-order valence-corrected chi connectivity index (χ1v) is 9.77. The molecule has 1 aliphatic heterocycles. The summed E-state index contributed by atoms with van der Waals surface area (Å²) in [7, 11) is 0. The number of carbonyl (C=O) groups is 2. The Morgan fingerprint density at radius 1 is 1.14 bits per heavy atom. The van der Waals surface area contributed by atoms with E-state index in [0.29, 0.717) is 33.6 Å². The first-order chi connectivity index (χ1) is 13.5. The average molecular weight is 420 g/mol. The van der Waals surface area contributed by atoms with Gasteiger partial charge in [0.05, 0.1) is 23.1 Å². The highest BCUT2D eigenvalue weighted by atomic mass is 35.5. The van der Waals surface area contributed by atoms with Crippen LogP contribution in [0, 0.1) is 0 Å². The molecular formula is C20H18ClNO5S. The van der Waals surface area contributed by atoms with Gasteiger partial charge in [-0.05, 0) is 54.6 Å². The van der Waals surface area contributed by atoms with E-state index in [1.807, 2.05) is 6.92 Å². The van der Waals surface area contributed by atoms with Crippen LogP contribution in [-0.2, 0) is 4.79 Å². The Hall–Kier alpha value is -2.64. The Bertz CT molecular complexity index is 931. The van der Waals surface area contributed by atoms with Gasteiger partial charge in [-0.3, -0.25) is 14.5 Å². The number of amides is 2. The molecule has 0 unspecified atom stereocenters. The van der Waals surface area contributed by atoms with Gasteiger partial charge in [0.2, 0.25) is 0 Å². The summed E-state index contributed by atoms with van der Waals surface area (Å²) in [6, 6.07) is 11.7. The number of hydrogen-bond donors (Lipinski definition) is 1. The van der Waals surface area contributed by atoms with E-state index in [9.17, 15) is 14.7 Å². The molecule has 1 fully saturated rings. The van der Waals surface area contributed by atoms with Gasteiger partial charge in [0, 0.05) is 0 Å². The lowest BCUT2D eigenvalue weighted by molar-refractivity contribution is -0.123. The Morgan fingerprint density at radius 2 is 1.93 bits per heavy atom. The number of thioether (sulfide) groups is 1. The summed E-state index contributed by atoms with van der Waals surface area (Å²) >= 11 is 6.89. The number of aromatic hydroxyl groups is 1. The minimum atomic E-state index is -0.385. The van der Waals surface area contributed by atoms with E-state index in [1.165, 1.54) is 6.07 Å². The lowest BCUT2D eigenvalue weighted by Gasteiger charge is -2.13. The number of hydrogen-bond acceptors (Lipinski definition) is 6. The highest BCUT2D eigenvalue weighted by Gasteiger charge is 2.34. The van der Waals surface area contributed by atoms with E-state index in [4.69, 9.17) is 21.1 Å². The van der Waals surface area contributed by atoms with Crippen molar-refractivity contribution in [3.05, 3.63) is 58.0 Å². The van der Waals surface area contributed by atoms with Crippen LogP contribution >= 0.6 is 23.4 Å². The summed E-state index contributed by atoms with van der Waals surface area (Å²) in [5.74, 6) is 0.454. The number of para-hydroxylation sites is 1. The van der Waals surface area contributed by atoms with Gasteiger partial charge in [-0.25, -0.2) is 0 Å². The van der Waals surface area contributed by atoms with Crippen molar-refractivity contribution in [2.45, 2.75) is 6.92 Å². The van der Waals surface area contributed by atoms with Gasteiger partial charge in [0.1, 0.15) is 12.4 Å². The van der Waals surface area contributed by atoms with Gasteiger partial charge in [-0.2, -0.15) is 0 Å². The standard InChI is InChI=1S/C20H18ClNO5S/c1-2-26-17-11-13(7-8-15(17)23)12-18-19(24)22(20(25)28-18)9-10-27-16-6-4-3-5-14(16)21/h3-8,11-12,23H,2,9-10H2,1H3/b18-12-. The van der Waals surface area contributed by atoms with Crippen molar-refractivity contribution in [3.8, 4) is 17.2 Å². The Balaban J connectivity index is 1.67. The van der Waals surface area contributed by atoms with Crippen LogP contribution in [0.1, 0.15) is 12.5 Å². The van der Waals surface area contributed by atoms with E-state index in [2.05, 4.69) is 0 Å². The fourth-order valence-corrected chi connectivity index (χ4v) is 3.60. The summed E-state index contributed by atoms with van der Waals surface area (Å²) in [6.07, 6.45) is 1.60. The maximum atomic E-state index is 12.6. The van der Waals surface area contributed by atoms with Crippen LogP contribution in [0.5, 0.6) is 17.2 Å². The lowest BCUT2D eigenvalue weighted by atomic mass is 10.2. The molecule has 2 amide bonds. The molecule has 0 saturated carbocycles. The van der Waals surface area contributed by atoms with E-state index in [-0.39, 0.29) is 30.0 Å². The van der Waals surface area contributed by atoms with Gasteiger partial charge in [-0.15, -0.1) is 0 Å². The van der Waals surface area contributed by atoms with Crippen molar-refractivity contribution in [1.29, 1.82) is 0 Å². The predicted octanol–water partition coefficient (Wildman–Crippen LogP) is 4.56. The molecule has 28 heavy (non-hydrogen) atoms. The average Bonchev–Trinajstić information content (AvgIpc) is 2.93. The number of halogens is 1. The second-order valence-electron chi connectivity index (χ2n) is 5.77. The number of rotatable bonds is 7. The molecule has 0 aromatic heterocycles. The Morgan fingerprint density at radius 3 is 2.68 bits per heavy atom. The molecule has 1 N–H and O–H groups in total. The third-order valence-electron chi connectivity index (χ3n) is 3.86. The molecule has 146 valence electrons. The van der Waals surface area contributed by atoms with Crippen LogP contribution in [-0.4, -0.2) is 40.9 Å². The molecule has 0 atom stereocenters. The van der Waals surface area contributed by atoms with E-state index >= 15 is 0 Å². The minimum absolute atomic E-state index is 0.0174. The third kappa shape index (κ3) is 4.61. The maximum Gasteiger partial charge on any atom is 0.293 e. The normalized spacial score (nSPS) is 15.4. The quantitative estimate of drug-likeness (QED) is 0.663. The van der Waals surface area contributed by atoms with Crippen LogP contribution < -0.4 is 9.47 Å². The monoisotopic (exact) mass is 419 g/mol. The molecule has 0 aliphatic carbocycles. The second-order valence-corrected chi connectivity index (χ2v) is 7.17. The zero-order valence-corrected chi connectivity index (χ0v) is 16.6. The predicted molar refractivity (Wildman–Crippen MR) is 109 cm³/mol. The first-order valence-electron chi connectivity index (χ1n) is 8.58. The highest BCUT2D eigenvalue weighted by molar-refractivity contribution is 8.18. The number of benzene rings is 2. The summed E-state index contributed by atoms with van der Waals surface area (Å²) in [6.45, 7) is 2.47. The minimum Gasteiger partial charge on any atom is -0.504 e. The number of phenolic OH excluding ortho intramolecular Hbond substituents is 1. The summed E-state index contributed by atoms with van der Waals surface area (Å²) in [5.41, 5.74) is 0.652. The van der Waals surface area contributed by atoms with Crippen molar-refractivity contribution in [3.63, 3.8) is 0 Å². The number of ether oxygens (including phenoxy) is 2. The summed E-state index contributed by atoms with van der Waals surface area (Å²) in [4.78, 5) is 26.2. The topological polar surface area (TPSA) is 76.1 Å². The molecule has 2 aromatic rings. The highest BCUT2D eigenvalue weighted by Crippen LogP contribution is 2.34. The molecule has 1 saturated heterocycles. The van der Waals surface area contributed by atoms with Crippen LogP contribution in [0.15, 0.2) is 47.4 Å². The molecule has 3 rings (SSSR count). The van der Waals surface area contributed by atoms with E-state index in [0.717, 1.165) is 16.7 Å². The molecule has 0 spiro atoms. The molecule has 6 nitrogen and oxygen atoms in total.